The van der Waals surface area contributed by atoms with Crippen LogP contribution in [0.3, 0.4) is 0 Å². The third kappa shape index (κ3) is 6.05. The maximum Gasteiger partial charge on any atom is 0.247 e. The second-order valence-electron chi connectivity index (χ2n) is 9.11. The van der Waals surface area contributed by atoms with Gasteiger partial charge >= 0.3 is 0 Å². The van der Waals surface area contributed by atoms with Crippen molar-refractivity contribution in [1.82, 2.24) is 15.5 Å². The summed E-state index contributed by atoms with van der Waals surface area (Å²) in [5.41, 5.74) is 0.817. The van der Waals surface area contributed by atoms with Gasteiger partial charge in [-0.3, -0.25) is 14.5 Å². The van der Waals surface area contributed by atoms with Gasteiger partial charge in [0.15, 0.2) is 0 Å². The number of hydrogen-bond acceptors (Lipinski definition) is 4. The van der Waals surface area contributed by atoms with E-state index in [1.54, 1.807) is 0 Å². The van der Waals surface area contributed by atoms with Crippen molar-refractivity contribution in [2.45, 2.75) is 64.0 Å². The number of hydrogen-bond donors (Lipinski definition) is 2. The van der Waals surface area contributed by atoms with Crippen LogP contribution < -0.4 is 10.6 Å². The highest BCUT2D eigenvalue weighted by Crippen LogP contribution is 2.34. The molecule has 166 valence electrons. The minimum absolute atomic E-state index is 0.000862. The van der Waals surface area contributed by atoms with Gasteiger partial charge in [0.05, 0.1) is 13.2 Å². The van der Waals surface area contributed by atoms with Crippen LogP contribution in [0.15, 0.2) is 30.3 Å². The standard InChI is InChI=1S/C24H37N3O3/c1-19(2)17-21(28)26-22(20-9-5-3-6-10-20)23(29)25-18-24(11-7-4-8-12-24)27-13-15-30-16-14-27/h3,5-6,9-10,19,22H,4,7-8,11-18H2,1-2H3,(H,25,29)(H,26,28). The number of ether oxygens (including phenoxy) is 1. The second kappa shape index (κ2) is 10.9. The number of rotatable bonds is 8. The summed E-state index contributed by atoms with van der Waals surface area (Å²) >= 11 is 0. The molecular weight excluding hydrogens is 378 g/mol. The van der Waals surface area contributed by atoms with E-state index in [1.807, 2.05) is 44.2 Å². The molecule has 1 atom stereocenters. The van der Waals surface area contributed by atoms with Crippen LogP contribution in [-0.2, 0) is 14.3 Å². The third-order valence-corrected chi connectivity index (χ3v) is 6.35. The topological polar surface area (TPSA) is 70.7 Å². The normalized spacial score (nSPS) is 20.5. The Labute approximate surface area is 180 Å². The molecule has 1 saturated heterocycles. The van der Waals surface area contributed by atoms with E-state index < -0.39 is 6.04 Å². The summed E-state index contributed by atoms with van der Waals surface area (Å²) in [6.45, 7) is 7.99. The average Bonchev–Trinajstić information content (AvgIpc) is 2.77. The van der Waals surface area contributed by atoms with Gasteiger partial charge in [0.25, 0.3) is 0 Å². The molecule has 0 bridgehead atoms. The molecule has 6 heteroatoms. The summed E-state index contributed by atoms with van der Waals surface area (Å²) in [5.74, 6) is 0.0300. The van der Waals surface area contributed by atoms with Gasteiger partial charge in [-0.2, -0.15) is 0 Å². The molecule has 0 radical (unpaired) electrons. The van der Waals surface area contributed by atoms with Crippen molar-refractivity contribution in [1.29, 1.82) is 0 Å². The lowest BCUT2D eigenvalue weighted by Crippen LogP contribution is -2.60. The van der Waals surface area contributed by atoms with E-state index in [0.29, 0.717) is 13.0 Å². The molecule has 2 amide bonds. The molecule has 30 heavy (non-hydrogen) atoms. The molecule has 1 aliphatic carbocycles. The molecule has 0 aromatic heterocycles. The van der Waals surface area contributed by atoms with Gasteiger partial charge in [-0.25, -0.2) is 0 Å². The highest BCUT2D eigenvalue weighted by Gasteiger charge is 2.39. The smallest absolute Gasteiger partial charge is 0.247 e. The van der Waals surface area contributed by atoms with Crippen LogP contribution in [0.1, 0.15) is 64.0 Å². The van der Waals surface area contributed by atoms with Gasteiger partial charge in [0.2, 0.25) is 11.8 Å². The number of nitrogens with zero attached hydrogens (tertiary/aromatic N) is 1. The van der Waals surface area contributed by atoms with Gasteiger partial charge in [-0.05, 0) is 24.3 Å². The van der Waals surface area contributed by atoms with Crippen LogP contribution in [0.4, 0.5) is 0 Å². The molecule has 3 rings (SSSR count). The van der Waals surface area contributed by atoms with Crippen molar-refractivity contribution in [2.24, 2.45) is 5.92 Å². The molecule has 2 N–H and O–H groups in total. The Hall–Kier alpha value is -1.92. The van der Waals surface area contributed by atoms with Crippen molar-refractivity contribution in [3.8, 4) is 0 Å². The number of carbonyl (C=O) groups excluding carboxylic acids is 2. The molecule has 1 aromatic carbocycles. The first-order valence-electron chi connectivity index (χ1n) is 11.4. The monoisotopic (exact) mass is 415 g/mol. The van der Waals surface area contributed by atoms with Crippen molar-refractivity contribution in [3.63, 3.8) is 0 Å². The van der Waals surface area contributed by atoms with E-state index in [4.69, 9.17) is 4.74 Å². The fourth-order valence-electron chi connectivity index (χ4n) is 4.74. The Kier molecular flexibility index (Phi) is 8.28. The molecular formula is C24H37N3O3. The minimum Gasteiger partial charge on any atom is -0.379 e. The van der Waals surface area contributed by atoms with E-state index in [1.165, 1.54) is 19.3 Å². The van der Waals surface area contributed by atoms with Gasteiger partial charge < -0.3 is 15.4 Å². The molecule has 1 heterocycles. The summed E-state index contributed by atoms with van der Waals surface area (Å²) < 4.78 is 5.56. The maximum atomic E-state index is 13.3. The summed E-state index contributed by atoms with van der Waals surface area (Å²) in [6.07, 6.45) is 6.26. The van der Waals surface area contributed by atoms with Crippen molar-refractivity contribution < 1.29 is 14.3 Å². The van der Waals surface area contributed by atoms with Crippen LogP contribution in [-0.4, -0.2) is 55.1 Å². The maximum absolute atomic E-state index is 13.3. The Morgan fingerprint density at radius 1 is 1.07 bits per heavy atom. The Bertz CT molecular complexity index is 680. The zero-order valence-corrected chi connectivity index (χ0v) is 18.5. The van der Waals surface area contributed by atoms with Gasteiger partial charge in [0, 0.05) is 31.6 Å². The first kappa shape index (κ1) is 22.8. The third-order valence-electron chi connectivity index (χ3n) is 6.35. The lowest BCUT2D eigenvalue weighted by atomic mass is 9.79. The van der Waals surface area contributed by atoms with Crippen molar-refractivity contribution in [3.05, 3.63) is 35.9 Å². The van der Waals surface area contributed by atoms with E-state index in [9.17, 15) is 9.59 Å². The van der Waals surface area contributed by atoms with Gasteiger partial charge in [-0.1, -0.05) is 63.4 Å². The van der Waals surface area contributed by atoms with Crippen LogP contribution in [0, 0.1) is 5.92 Å². The highest BCUT2D eigenvalue weighted by atomic mass is 16.5. The predicted octanol–water partition coefficient (Wildman–Crippen LogP) is 3.04. The second-order valence-corrected chi connectivity index (χ2v) is 9.11. The molecule has 0 spiro atoms. The molecule has 2 fully saturated rings. The predicted molar refractivity (Wildman–Crippen MR) is 118 cm³/mol. The molecule has 1 unspecified atom stereocenters. The zero-order chi connectivity index (χ0) is 21.4. The molecule has 6 nitrogen and oxygen atoms in total. The number of nitrogens with one attached hydrogen (secondary N) is 2. The van der Waals surface area contributed by atoms with Gasteiger partial charge in [0.1, 0.15) is 6.04 Å². The number of morpholine rings is 1. The molecule has 2 aliphatic rings. The van der Waals surface area contributed by atoms with E-state index >= 15 is 0 Å². The molecule has 1 aliphatic heterocycles. The number of carbonyl (C=O) groups is 2. The Morgan fingerprint density at radius 2 is 1.73 bits per heavy atom. The number of benzene rings is 1. The quantitative estimate of drug-likeness (QED) is 0.685. The zero-order valence-electron chi connectivity index (χ0n) is 18.5. The van der Waals surface area contributed by atoms with Crippen LogP contribution >= 0.6 is 0 Å². The summed E-state index contributed by atoms with van der Waals surface area (Å²) in [6, 6.07) is 8.87. The largest absolute Gasteiger partial charge is 0.379 e. The summed E-state index contributed by atoms with van der Waals surface area (Å²) in [5, 5.41) is 6.17. The molecule has 1 saturated carbocycles. The van der Waals surface area contributed by atoms with Crippen LogP contribution in [0.25, 0.3) is 0 Å². The Balaban J connectivity index is 1.71. The van der Waals surface area contributed by atoms with Crippen molar-refractivity contribution in [2.75, 3.05) is 32.8 Å². The van der Waals surface area contributed by atoms with Crippen LogP contribution in [0.2, 0.25) is 0 Å². The van der Waals surface area contributed by atoms with Gasteiger partial charge in [-0.15, -0.1) is 0 Å². The summed E-state index contributed by atoms with van der Waals surface area (Å²) in [4.78, 5) is 28.2. The first-order valence-corrected chi connectivity index (χ1v) is 11.4. The van der Waals surface area contributed by atoms with Crippen molar-refractivity contribution >= 4 is 11.8 Å². The number of amides is 2. The fourth-order valence-corrected chi connectivity index (χ4v) is 4.74. The molecule has 1 aromatic rings. The fraction of sp³-hybridized carbons (Fsp3) is 0.667. The minimum atomic E-state index is -0.664. The van der Waals surface area contributed by atoms with E-state index in [0.717, 1.165) is 44.7 Å². The van der Waals surface area contributed by atoms with E-state index in [2.05, 4.69) is 15.5 Å². The van der Waals surface area contributed by atoms with Crippen LogP contribution in [0.5, 0.6) is 0 Å². The summed E-state index contributed by atoms with van der Waals surface area (Å²) in [7, 11) is 0. The Morgan fingerprint density at radius 3 is 2.37 bits per heavy atom. The lowest BCUT2D eigenvalue weighted by molar-refractivity contribution is -0.130. The average molecular weight is 416 g/mol. The highest BCUT2D eigenvalue weighted by molar-refractivity contribution is 5.88. The SMILES string of the molecule is CC(C)CC(=O)NC(C(=O)NCC1(N2CCOCC2)CCCCC1)c1ccccc1. The first-order chi connectivity index (χ1) is 14.5. The lowest BCUT2D eigenvalue weighted by Gasteiger charge is -2.48. The van der Waals surface area contributed by atoms with E-state index in [-0.39, 0.29) is 23.3 Å².